The molecule has 0 saturated heterocycles. The maximum atomic E-state index is 12.3. The van der Waals surface area contributed by atoms with Gasteiger partial charge in [-0.2, -0.15) is 0 Å². The smallest absolute Gasteiger partial charge is 0.326 e. The van der Waals surface area contributed by atoms with Gasteiger partial charge in [-0.1, -0.05) is 0 Å². The number of rotatable bonds is 8. The van der Waals surface area contributed by atoms with Gasteiger partial charge in [0.2, 0.25) is 6.79 Å². The van der Waals surface area contributed by atoms with Crippen LogP contribution in [0.5, 0.6) is 17.2 Å². The van der Waals surface area contributed by atoms with Crippen LogP contribution in [-0.4, -0.2) is 43.3 Å². The van der Waals surface area contributed by atoms with Crippen LogP contribution >= 0.6 is 0 Å². The molecular formula is C22H24N2O7. The van der Waals surface area contributed by atoms with E-state index in [4.69, 9.17) is 18.9 Å². The number of fused-ring (bicyclic) bond motifs is 1. The van der Waals surface area contributed by atoms with E-state index >= 15 is 0 Å². The molecule has 3 rings (SSSR count). The van der Waals surface area contributed by atoms with E-state index in [1.165, 1.54) is 6.92 Å². The molecule has 1 aliphatic rings. The molecule has 2 N–H and O–H groups in total. The van der Waals surface area contributed by atoms with E-state index in [1.54, 1.807) is 42.5 Å². The van der Waals surface area contributed by atoms with Crippen LogP contribution in [0.1, 0.15) is 31.1 Å². The van der Waals surface area contributed by atoms with E-state index in [-0.39, 0.29) is 19.4 Å². The lowest BCUT2D eigenvalue weighted by molar-refractivity contribution is -0.152. The van der Waals surface area contributed by atoms with Gasteiger partial charge in [-0.3, -0.25) is 14.4 Å². The molecule has 0 bridgehead atoms. The summed E-state index contributed by atoms with van der Waals surface area (Å²) in [6.45, 7) is 5.01. The Morgan fingerprint density at radius 2 is 1.71 bits per heavy atom. The molecule has 164 valence electrons. The highest BCUT2D eigenvalue weighted by Crippen LogP contribution is 2.34. The first-order chi connectivity index (χ1) is 14.8. The van der Waals surface area contributed by atoms with Crippen molar-refractivity contribution in [3.05, 3.63) is 48.0 Å². The van der Waals surface area contributed by atoms with Crippen LogP contribution in [0.25, 0.3) is 0 Å². The number of hydrogen-bond donors (Lipinski definition) is 2. The molecule has 1 aliphatic heterocycles. The molecule has 0 aliphatic carbocycles. The van der Waals surface area contributed by atoms with E-state index in [9.17, 15) is 14.4 Å². The van der Waals surface area contributed by atoms with Gasteiger partial charge in [0, 0.05) is 17.3 Å². The minimum absolute atomic E-state index is 0.0266. The largest absolute Gasteiger partial charge is 0.491 e. The molecular weight excluding hydrogens is 404 g/mol. The van der Waals surface area contributed by atoms with Crippen molar-refractivity contribution in [1.82, 2.24) is 5.32 Å². The van der Waals surface area contributed by atoms with Crippen LogP contribution in [0.15, 0.2) is 42.5 Å². The van der Waals surface area contributed by atoms with Gasteiger partial charge in [0.05, 0.1) is 6.10 Å². The van der Waals surface area contributed by atoms with Crippen LogP contribution < -0.4 is 24.8 Å². The SMILES string of the molecule is CC(C)Oc1ccc(C(=O)NCC(=O)O[C@@H](C)C(=O)Nc2ccc3c(c2)OCO3)cc1. The summed E-state index contributed by atoms with van der Waals surface area (Å²) in [5.41, 5.74) is 0.854. The van der Waals surface area contributed by atoms with E-state index in [0.29, 0.717) is 28.5 Å². The molecule has 0 radical (unpaired) electrons. The second-order valence-electron chi connectivity index (χ2n) is 7.06. The predicted octanol–water partition coefficient (Wildman–Crippen LogP) is 2.50. The standard InChI is InChI=1S/C22H24N2O7/c1-13(2)30-17-7-4-15(5-8-17)22(27)23-11-20(25)31-14(3)21(26)24-16-6-9-18-19(10-16)29-12-28-18/h4-10,13-14H,11-12H2,1-3H3,(H,23,27)(H,24,26)/t14-/m0/s1. The van der Waals surface area contributed by atoms with Crippen LogP contribution in [0, 0.1) is 0 Å². The van der Waals surface area contributed by atoms with Crippen molar-refractivity contribution < 1.29 is 33.3 Å². The number of nitrogens with one attached hydrogen (secondary N) is 2. The van der Waals surface area contributed by atoms with Crippen molar-refractivity contribution in [2.45, 2.75) is 33.0 Å². The van der Waals surface area contributed by atoms with Crippen molar-refractivity contribution in [2.75, 3.05) is 18.7 Å². The first kappa shape index (κ1) is 21.9. The third kappa shape index (κ3) is 6.11. The van der Waals surface area contributed by atoms with Gasteiger partial charge >= 0.3 is 5.97 Å². The summed E-state index contributed by atoms with van der Waals surface area (Å²) in [6, 6.07) is 11.5. The van der Waals surface area contributed by atoms with E-state index < -0.39 is 23.9 Å². The fourth-order valence-electron chi connectivity index (χ4n) is 2.72. The van der Waals surface area contributed by atoms with Gasteiger partial charge in [-0.25, -0.2) is 0 Å². The second kappa shape index (κ2) is 9.84. The Kier molecular flexibility index (Phi) is 6.96. The summed E-state index contributed by atoms with van der Waals surface area (Å²) in [7, 11) is 0. The molecule has 0 fully saturated rings. The molecule has 2 aromatic carbocycles. The summed E-state index contributed by atoms with van der Waals surface area (Å²) in [4.78, 5) is 36.4. The molecule has 2 aromatic rings. The number of amides is 2. The second-order valence-corrected chi connectivity index (χ2v) is 7.06. The normalized spacial score (nSPS) is 12.8. The molecule has 0 spiro atoms. The Hall–Kier alpha value is -3.75. The third-order valence-electron chi connectivity index (χ3n) is 4.20. The fraction of sp³-hybridized carbons (Fsp3) is 0.318. The number of carbonyl (C=O) groups is 3. The molecule has 1 atom stereocenters. The van der Waals surface area contributed by atoms with E-state index in [1.807, 2.05) is 13.8 Å². The number of esters is 1. The van der Waals surface area contributed by atoms with Gasteiger partial charge in [-0.05, 0) is 57.2 Å². The molecule has 31 heavy (non-hydrogen) atoms. The zero-order chi connectivity index (χ0) is 22.4. The van der Waals surface area contributed by atoms with Crippen molar-refractivity contribution in [2.24, 2.45) is 0 Å². The molecule has 0 unspecified atom stereocenters. The third-order valence-corrected chi connectivity index (χ3v) is 4.20. The molecule has 0 aromatic heterocycles. The summed E-state index contributed by atoms with van der Waals surface area (Å²) in [6.07, 6.45) is -1.03. The Labute approximate surface area is 179 Å². The van der Waals surface area contributed by atoms with Gasteiger partial charge in [0.25, 0.3) is 11.8 Å². The lowest BCUT2D eigenvalue weighted by Crippen LogP contribution is -2.35. The molecule has 9 heteroatoms. The molecule has 9 nitrogen and oxygen atoms in total. The van der Waals surface area contributed by atoms with Crippen molar-refractivity contribution >= 4 is 23.5 Å². The number of benzene rings is 2. The number of ether oxygens (including phenoxy) is 4. The Bertz CT molecular complexity index is 957. The molecule has 1 heterocycles. The first-order valence-electron chi connectivity index (χ1n) is 9.76. The Morgan fingerprint density at radius 3 is 2.42 bits per heavy atom. The van der Waals surface area contributed by atoms with E-state index in [0.717, 1.165) is 0 Å². The van der Waals surface area contributed by atoms with Gasteiger partial charge in [-0.15, -0.1) is 0 Å². The predicted molar refractivity (Wildman–Crippen MR) is 111 cm³/mol. The van der Waals surface area contributed by atoms with Crippen LogP contribution in [0.4, 0.5) is 5.69 Å². The fourth-order valence-corrected chi connectivity index (χ4v) is 2.72. The highest BCUT2D eigenvalue weighted by molar-refractivity contribution is 5.97. The highest BCUT2D eigenvalue weighted by Gasteiger charge is 2.20. The lowest BCUT2D eigenvalue weighted by atomic mass is 10.2. The van der Waals surface area contributed by atoms with Gasteiger partial charge < -0.3 is 29.6 Å². The zero-order valence-electron chi connectivity index (χ0n) is 17.5. The first-order valence-corrected chi connectivity index (χ1v) is 9.76. The number of anilines is 1. The number of hydrogen-bond acceptors (Lipinski definition) is 7. The summed E-state index contributed by atoms with van der Waals surface area (Å²) < 4.78 is 21.1. The van der Waals surface area contributed by atoms with Crippen LogP contribution in [0.3, 0.4) is 0 Å². The van der Waals surface area contributed by atoms with Gasteiger partial charge in [0.15, 0.2) is 17.6 Å². The number of carbonyl (C=O) groups excluding carboxylic acids is 3. The van der Waals surface area contributed by atoms with Gasteiger partial charge in [0.1, 0.15) is 12.3 Å². The Morgan fingerprint density at radius 1 is 1.00 bits per heavy atom. The van der Waals surface area contributed by atoms with E-state index in [2.05, 4.69) is 10.6 Å². The molecule has 0 saturated carbocycles. The maximum Gasteiger partial charge on any atom is 0.326 e. The van der Waals surface area contributed by atoms with Crippen LogP contribution in [-0.2, 0) is 14.3 Å². The maximum absolute atomic E-state index is 12.3. The van der Waals surface area contributed by atoms with Crippen molar-refractivity contribution in [3.8, 4) is 17.2 Å². The summed E-state index contributed by atoms with van der Waals surface area (Å²) >= 11 is 0. The summed E-state index contributed by atoms with van der Waals surface area (Å²) in [5.74, 6) is 0.0729. The average molecular weight is 428 g/mol. The zero-order valence-corrected chi connectivity index (χ0v) is 17.5. The van der Waals surface area contributed by atoms with Crippen molar-refractivity contribution in [1.29, 1.82) is 0 Å². The van der Waals surface area contributed by atoms with Crippen molar-refractivity contribution in [3.63, 3.8) is 0 Å². The minimum Gasteiger partial charge on any atom is -0.491 e. The average Bonchev–Trinajstić information content (AvgIpc) is 3.20. The lowest BCUT2D eigenvalue weighted by Gasteiger charge is -2.14. The topological polar surface area (TPSA) is 112 Å². The quantitative estimate of drug-likeness (QED) is 0.621. The molecule has 2 amide bonds. The van der Waals surface area contributed by atoms with Crippen LogP contribution in [0.2, 0.25) is 0 Å². The monoisotopic (exact) mass is 428 g/mol. The Balaban J connectivity index is 1.44. The highest BCUT2D eigenvalue weighted by atomic mass is 16.7. The summed E-state index contributed by atoms with van der Waals surface area (Å²) in [5, 5.41) is 5.10. The minimum atomic E-state index is -1.05.